The Kier molecular flexibility index (Phi) is 7.28. The molecule has 0 aliphatic carbocycles. The van der Waals surface area contributed by atoms with Crippen LogP contribution in [0.5, 0.6) is 11.5 Å². The molecule has 0 saturated carbocycles. The number of methoxy groups -OCH3 is 2. The van der Waals surface area contributed by atoms with Crippen molar-refractivity contribution < 1.29 is 19.0 Å². The summed E-state index contributed by atoms with van der Waals surface area (Å²) in [5.74, 6) is 0.636. The number of fused-ring (bicyclic) bond motifs is 1. The molecule has 0 fully saturated rings. The minimum absolute atomic E-state index is 0.231. The summed E-state index contributed by atoms with van der Waals surface area (Å²) in [6.45, 7) is 5.75. The SMILES string of the molecule is CCOC(=O)C1=C(C)N=c2s/c(=C\c3cc(Br)c(OC)c(OC)c3)c(=O)n2[C@H]1c1ccc(C)cc1. The highest BCUT2D eigenvalue weighted by Gasteiger charge is 2.33. The number of carbonyl (C=O) groups excluding carboxylic acids is 1. The van der Waals surface area contributed by atoms with Gasteiger partial charge < -0.3 is 14.2 Å². The molecule has 0 saturated heterocycles. The molecule has 0 bridgehead atoms. The van der Waals surface area contributed by atoms with E-state index in [1.54, 1.807) is 44.8 Å². The highest BCUT2D eigenvalue weighted by molar-refractivity contribution is 9.10. The maximum Gasteiger partial charge on any atom is 0.338 e. The molecular formula is C26H25BrN2O5S. The van der Waals surface area contributed by atoms with Gasteiger partial charge in [-0.25, -0.2) is 9.79 Å². The number of carbonyl (C=O) groups is 1. The minimum Gasteiger partial charge on any atom is -0.493 e. The van der Waals surface area contributed by atoms with E-state index < -0.39 is 12.0 Å². The number of nitrogens with zero attached hydrogens (tertiary/aromatic N) is 2. The lowest BCUT2D eigenvalue weighted by Gasteiger charge is -2.24. The van der Waals surface area contributed by atoms with Gasteiger partial charge in [0.25, 0.3) is 5.56 Å². The molecule has 9 heteroatoms. The minimum atomic E-state index is -0.634. The van der Waals surface area contributed by atoms with Gasteiger partial charge in [0, 0.05) is 0 Å². The van der Waals surface area contributed by atoms with E-state index in [0.29, 0.717) is 36.6 Å². The Morgan fingerprint density at radius 2 is 1.89 bits per heavy atom. The van der Waals surface area contributed by atoms with Gasteiger partial charge in [0.15, 0.2) is 16.3 Å². The standard InChI is InChI=1S/C26H25BrN2O5S/c1-6-34-25(31)21-15(3)28-26-29(22(21)17-9-7-14(2)8-10-17)24(30)20(35-26)13-16-11-18(27)23(33-5)19(12-16)32-4/h7-13,22H,6H2,1-5H3/b20-13-/t22-/m0/s1. The van der Waals surface area contributed by atoms with Crippen LogP contribution in [0.25, 0.3) is 6.08 Å². The number of ether oxygens (including phenoxy) is 3. The number of hydrogen-bond donors (Lipinski definition) is 0. The molecule has 1 aromatic heterocycles. The third kappa shape index (κ3) is 4.70. The number of allylic oxidation sites excluding steroid dienone is 1. The van der Waals surface area contributed by atoms with Crippen molar-refractivity contribution in [2.75, 3.05) is 20.8 Å². The first-order valence-electron chi connectivity index (χ1n) is 11.0. The topological polar surface area (TPSA) is 79.1 Å². The molecular weight excluding hydrogens is 532 g/mol. The van der Waals surface area contributed by atoms with Crippen molar-refractivity contribution >= 4 is 39.3 Å². The summed E-state index contributed by atoms with van der Waals surface area (Å²) in [5.41, 5.74) is 3.32. The molecule has 0 N–H and O–H groups in total. The monoisotopic (exact) mass is 556 g/mol. The highest BCUT2D eigenvalue weighted by Crippen LogP contribution is 2.36. The van der Waals surface area contributed by atoms with Crippen molar-refractivity contribution in [2.24, 2.45) is 4.99 Å². The van der Waals surface area contributed by atoms with Crippen molar-refractivity contribution in [1.82, 2.24) is 4.57 Å². The fraction of sp³-hybridized carbons (Fsp3) is 0.269. The van der Waals surface area contributed by atoms with Crippen molar-refractivity contribution in [3.8, 4) is 11.5 Å². The van der Waals surface area contributed by atoms with E-state index in [9.17, 15) is 9.59 Å². The Labute approximate surface area is 215 Å². The van der Waals surface area contributed by atoms with Gasteiger partial charge in [-0.3, -0.25) is 9.36 Å². The second kappa shape index (κ2) is 10.2. The normalized spacial score (nSPS) is 15.5. The predicted octanol–water partition coefficient (Wildman–Crippen LogP) is 3.89. The van der Waals surface area contributed by atoms with E-state index in [1.807, 2.05) is 37.3 Å². The predicted molar refractivity (Wildman–Crippen MR) is 139 cm³/mol. The smallest absolute Gasteiger partial charge is 0.338 e. The van der Waals surface area contributed by atoms with Crippen LogP contribution >= 0.6 is 27.3 Å². The van der Waals surface area contributed by atoms with Gasteiger partial charge in [0.2, 0.25) is 0 Å². The van der Waals surface area contributed by atoms with Crippen LogP contribution < -0.4 is 24.4 Å². The van der Waals surface area contributed by atoms with E-state index in [1.165, 1.54) is 11.3 Å². The maximum absolute atomic E-state index is 13.7. The molecule has 2 aromatic carbocycles. The van der Waals surface area contributed by atoms with Gasteiger partial charge >= 0.3 is 5.97 Å². The van der Waals surface area contributed by atoms with Crippen LogP contribution in [0.1, 0.15) is 36.6 Å². The number of rotatable bonds is 6. The van der Waals surface area contributed by atoms with E-state index >= 15 is 0 Å². The number of aryl methyl sites for hydroxylation is 1. The Hall–Kier alpha value is -3.17. The zero-order valence-electron chi connectivity index (χ0n) is 20.0. The lowest BCUT2D eigenvalue weighted by Crippen LogP contribution is -2.39. The second-order valence-corrected chi connectivity index (χ2v) is 9.81. The van der Waals surface area contributed by atoms with Crippen molar-refractivity contribution in [3.05, 3.63) is 88.5 Å². The number of benzene rings is 2. The first-order chi connectivity index (χ1) is 16.8. The van der Waals surface area contributed by atoms with Crippen LogP contribution in [0.2, 0.25) is 0 Å². The molecule has 1 aliphatic heterocycles. The van der Waals surface area contributed by atoms with Gasteiger partial charge in [0.1, 0.15) is 0 Å². The fourth-order valence-corrected chi connectivity index (χ4v) is 5.70. The molecule has 182 valence electrons. The van der Waals surface area contributed by atoms with Gasteiger partial charge in [-0.1, -0.05) is 41.2 Å². The summed E-state index contributed by atoms with van der Waals surface area (Å²) in [5, 5.41) is 0. The van der Waals surface area contributed by atoms with Crippen LogP contribution in [-0.4, -0.2) is 31.4 Å². The summed E-state index contributed by atoms with van der Waals surface area (Å²) >= 11 is 4.77. The van der Waals surface area contributed by atoms with E-state index in [2.05, 4.69) is 20.9 Å². The largest absolute Gasteiger partial charge is 0.493 e. The van der Waals surface area contributed by atoms with E-state index in [4.69, 9.17) is 14.2 Å². The Bertz CT molecular complexity index is 1500. The van der Waals surface area contributed by atoms with Crippen LogP contribution in [-0.2, 0) is 9.53 Å². The zero-order valence-corrected chi connectivity index (χ0v) is 22.5. The number of thiazole rings is 1. The second-order valence-electron chi connectivity index (χ2n) is 7.95. The van der Waals surface area contributed by atoms with Crippen molar-refractivity contribution in [3.63, 3.8) is 0 Å². The highest BCUT2D eigenvalue weighted by atomic mass is 79.9. The molecule has 0 unspecified atom stereocenters. The van der Waals surface area contributed by atoms with Gasteiger partial charge in [0.05, 0.1) is 47.1 Å². The molecule has 0 radical (unpaired) electrons. The van der Waals surface area contributed by atoms with Gasteiger partial charge in [-0.15, -0.1) is 0 Å². The number of halogens is 1. The first-order valence-corrected chi connectivity index (χ1v) is 12.6. The Morgan fingerprint density at radius 3 is 2.51 bits per heavy atom. The third-order valence-electron chi connectivity index (χ3n) is 5.66. The summed E-state index contributed by atoms with van der Waals surface area (Å²) in [6.07, 6.45) is 1.78. The maximum atomic E-state index is 13.7. The molecule has 1 aliphatic rings. The van der Waals surface area contributed by atoms with E-state index in [-0.39, 0.29) is 12.2 Å². The summed E-state index contributed by atoms with van der Waals surface area (Å²) in [4.78, 5) is 31.8. The lowest BCUT2D eigenvalue weighted by molar-refractivity contribution is -0.139. The number of esters is 1. The molecule has 2 heterocycles. The molecule has 3 aromatic rings. The number of hydrogen-bond acceptors (Lipinski definition) is 7. The van der Waals surface area contributed by atoms with Gasteiger partial charge in [-0.05, 0) is 66.0 Å². The molecule has 35 heavy (non-hydrogen) atoms. The Morgan fingerprint density at radius 1 is 1.17 bits per heavy atom. The average Bonchev–Trinajstić information content (AvgIpc) is 3.12. The molecule has 0 spiro atoms. The molecule has 7 nitrogen and oxygen atoms in total. The first kappa shape index (κ1) is 24.9. The quantitative estimate of drug-likeness (QED) is 0.430. The van der Waals surface area contributed by atoms with Gasteiger partial charge in [-0.2, -0.15) is 0 Å². The lowest BCUT2D eigenvalue weighted by atomic mass is 9.95. The molecule has 0 amide bonds. The summed E-state index contributed by atoms with van der Waals surface area (Å²) < 4.78 is 18.9. The molecule has 1 atom stereocenters. The van der Waals surface area contributed by atoms with Crippen LogP contribution in [0.15, 0.2) is 61.9 Å². The van der Waals surface area contributed by atoms with Crippen LogP contribution in [0.3, 0.4) is 0 Å². The average molecular weight is 557 g/mol. The zero-order chi connectivity index (χ0) is 25.3. The Balaban J connectivity index is 1.94. The number of aromatic nitrogens is 1. The van der Waals surface area contributed by atoms with E-state index in [0.717, 1.165) is 16.7 Å². The van der Waals surface area contributed by atoms with Crippen LogP contribution in [0.4, 0.5) is 0 Å². The van der Waals surface area contributed by atoms with Crippen molar-refractivity contribution in [2.45, 2.75) is 26.8 Å². The third-order valence-corrected chi connectivity index (χ3v) is 7.24. The summed E-state index contributed by atoms with van der Waals surface area (Å²) in [6, 6.07) is 10.8. The van der Waals surface area contributed by atoms with Crippen molar-refractivity contribution in [1.29, 1.82) is 0 Å². The molecule has 4 rings (SSSR count). The van der Waals surface area contributed by atoms with Crippen LogP contribution in [0, 0.1) is 6.92 Å². The summed E-state index contributed by atoms with van der Waals surface area (Å²) in [7, 11) is 3.12. The fourth-order valence-electron chi connectivity index (χ4n) is 4.03.